The van der Waals surface area contributed by atoms with E-state index in [4.69, 9.17) is 11.6 Å². The van der Waals surface area contributed by atoms with Gasteiger partial charge in [0.2, 0.25) is 0 Å². The Morgan fingerprint density at radius 2 is 2.31 bits per heavy atom. The first-order valence-electron chi connectivity index (χ1n) is 9.23. The molecule has 0 aliphatic carbocycles. The molecular formula is C20H24ClN3O2. The van der Waals surface area contributed by atoms with Crippen LogP contribution in [0, 0.1) is 12.3 Å². The average Bonchev–Trinajstić information content (AvgIpc) is 2.66. The van der Waals surface area contributed by atoms with Gasteiger partial charge in [0.05, 0.1) is 17.7 Å². The molecule has 2 saturated heterocycles. The topological polar surface area (TPSA) is 65.5 Å². The summed E-state index contributed by atoms with van der Waals surface area (Å²) in [7, 11) is 0. The number of piperidine rings is 2. The molecule has 2 atom stereocenters. The molecule has 3 heterocycles. The lowest BCUT2D eigenvalue weighted by Gasteiger charge is -2.50. The number of aliphatic hydroxyl groups excluding tert-OH is 1. The zero-order valence-electron chi connectivity index (χ0n) is 15.0. The van der Waals surface area contributed by atoms with Gasteiger partial charge in [-0.2, -0.15) is 0 Å². The summed E-state index contributed by atoms with van der Waals surface area (Å²) < 4.78 is 0. The number of nitrogens with one attached hydrogen (secondary N) is 1. The zero-order valence-corrected chi connectivity index (χ0v) is 15.7. The minimum Gasteiger partial charge on any atom is -0.396 e. The monoisotopic (exact) mass is 373 g/mol. The van der Waals surface area contributed by atoms with E-state index < -0.39 is 0 Å². The number of aliphatic hydroxyl groups is 1. The van der Waals surface area contributed by atoms with Crippen molar-refractivity contribution in [2.45, 2.75) is 32.2 Å². The Kier molecular flexibility index (Phi) is 4.63. The number of amides is 1. The summed E-state index contributed by atoms with van der Waals surface area (Å²) in [5.74, 6) is -0.000356. The van der Waals surface area contributed by atoms with Crippen molar-refractivity contribution in [1.82, 2.24) is 15.2 Å². The van der Waals surface area contributed by atoms with E-state index in [1.807, 2.05) is 30.0 Å². The van der Waals surface area contributed by atoms with Crippen LogP contribution in [-0.4, -0.2) is 53.2 Å². The number of carbonyl (C=O) groups excluding carboxylic acids is 1. The Morgan fingerprint density at radius 1 is 1.46 bits per heavy atom. The molecular weight excluding hydrogens is 350 g/mol. The fourth-order valence-corrected chi connectivity index (χ4v) is 4.71. The molecule has 6 heteroatoms. The second kappa shape index (κ2) is 6.80. The van der Waals surface area contributed by atoms with Gasteiger partial charge in [-0.05, 0) is 57.0 Å². The van der Waals surface area contributed by atoms with Crippen LogP contribution in [0.25, 0.3) is 10.9 Å². The molecule has 5 nitrogen and oxygen atoms in total. The number of hydrogen-bond donors (Lipinski definition) is 2. The van der Waals surface area contributed by atoms with Crippen LogP contribution in [0.5, 0.6) is 0 Å². The van der Waals surface area contributed by atoms with E-state index in [-0.39, 0.29) is 24.0 Å². The molecule has 2 aliphatic heterocycles. The fraction of sp³-hybridized carbons (Fsp3) is 0.500. The first-order chi connectivity index (χ1) is 12.5. The second-order valence-corrected chi connectivity index (χ2v) is 8.06. The van der Waals surface area contributed by atoms with Crippen molar-refractivity contribution < 1.29 is 9.90 Å². The van der Waals surface area contributed by atoms with Crippen LogP contribution in [0.2, 0.25) is 5.02 Å². The molecule has 0 spiro atoms. The molecule has 2 aliphatic rings. The number of likely N-dealkylation sites (tertiary alicyclic amines) is 1. The Bertz CT molecular complexity index is 856. The Hall–Kier alpha value is -1.69. The normalized spacial score (nSPS) is 26.0. The molecule has 26 heavy (non-hydrogen) atoms. The summed E-state index contributed by atoms with van der Waals surface area (Å²) >= 11 is 6.16. The largest absolute Gasteiger partial charge is 0.396 e. The number of aryl methyl sites for hydroxylation is 1. The summed E-state index contributed by atoms with van der Waals surface area (Å²) in [5, 5.41) is 15.0. The van der Waals surface area contributed by atoms with Gasteiger partial charge in [-0.1, -0.05) is 11.6 Å². The maximum absolute atomic E-state index is 13.4. The van der Waals surface area contributed by atoms with E-state index in [0.29, 0.717) is 23.7 Å². The predicted molar refractivity (Wildman–Crippen MR) is 103 cm³/mol. The maximum Gasteiger partial charge on any atom is 0.254 e. The van der Waals surface area contributed by atoms with E-state index in [0.717, 1.165) is 42.4 Å². The van der Waals surface area contributed by atoms with Gasteiger partial charge in [0.15, 0.2) is 0 Å². The molecule has 1 amide bonds. The molecule has 2 N–H and O–H groups in total. The number of carbonyl (C=O) groups is 1. The highest BCUT2D eigenvalue weighted by Gasteiger charge is 2.45. The van der Waals surface area contributed by atoms with Crippen LogP contribution in [0.3, 0.4) is 0 Å². The van der Waals surface area contributed by atoms with Gasteiger partial charge in [0, 0.05) is 40.6 Å². The summed E-state index contributed by atoms with van der Waals surface area (Å²) in [6, 6.07) is 7.60. The van der Waals surface area contributed by atoms with Crippen LogP contribution >= 0.6 is 11.6 Å². The molecule has 138 valence electrons. The lowest BCUT2D eigenvalue weighted by atomic mass is 9.70. The highest BCUT2D eigenvalue weighted by Crippen LogP contribution is 2.38. The summed E-state index contributed by atoms with van der Waals surface area (Å²) in [5.41, 5.74) is 2.00. The molecule has 4 rings (SSSR count). The van der Waals surface area contributed by atoms with Gasteiger partial charge < -0.3 is 15.3 Å². The SMILES string of the molecule is Cc1cc(C(=O)N2CC[C@H]3NCCC[C@]3(CO)C2)c2cc(Cl)ccc2n1. The zero-order chi connectivity index (χ0) is 18.3. The van der Waals surface area contributed by atoms with Crippen molar-refractivity contribution >= 4 is 28.4 Å². The van der Waals surface area contributed by atoms with E-state index in [2.05, 4.69) is 10.3 Å². The number of nitrogens with zero attached hydrogens (tertiary/aromatic N) is 2. The molecule has 0 saturated carbocycles. The lowest BCUT2D eigenvalue weighted by Crippen LogP contribution is -2.62. The van der Waals surface area contributed by atoms with E-state index >= 15 is 0 Å². The van der Waals surface area contributed by atoms with Crippen LogP contribution in [0.15, 0.2) is 24.3 Å². The maximum atomic E-state index is 13.4. The smallest absolute Gasteiger partial charge is 0.254 e. The number of rotatable bonds is 2. The Labute approximate surface area is 158 Å². The third-order valence-corrected chi connectivity index (χ3v) is 6.14. The van der Waals surface area contributed by atoms with Gasteiger partial charge in [0.25, 0.3) is 5.91 Å². The standard InChI is InChI=1S/C20H24ClN3O2/c1-13-9-16(15-10-14(21)3-4-17(15)23-13)19(26)24-8-5-18-20(11-24,12-25)6-2-7-22-18/h3-4,9-10,18,22,25H,2,5-8,11-12H2,1H3/t18-,20-/m1/s1. The molecule has 1 aromatic carbocycles. The number of fused-ring (bicyclic) bond motifs is 2. The first kappa shape index (κ1) is 17.7. The van der Waals surface area contributed by atoms with Crippen LogP contribution in [-0.2, 0) is 0 Å². The van der Waals surface area contributed by atoms with E-state index in [1.54, 1.807) is 6.07 Å². The molecule has 2 aromatic rings. The number of benzene rings is 1. The average molecular weight is 374 g/mol. The molecule has 0 radical (unpaired) electrons. The second-order valence-electron chi connectivity index (χ2n) is 7.62. The van der Waals surface area contributed by atoms with Gasteiger partial charge in [0.1, 0.15) is 0 Å². The highest BCUT2D eigenvalue weighted by molar-refractivity contribution is 6.31. The highest BCUT2D eigenvalue weighted by atomic mass is 35.5. The predicted octanol–water partition coefficient (Wildman–Crippen LogP) is 2.77. The van der Waals surface area contributed by atoms with Crippen molar-refractivity contribution in [2.75, 3.05) is 26.2 Å². The van der Waals surface area contributed by atoms with E-state index in [1.165, 1.54) is 0 Å². The van der Waals surface area contributed by atoms with Gasteiger partial charge >= 0.3 is 0 Å². The minimum atomic E-state index is -0.234. The van der Waals surface area contributed by atoms with Gasteiger partial charge in [-0.15, -0.1) is 0 Å². The number of aromatic nitrogens is 1. The molecule has 0 unspecified atom stereocenters. The third-order valence-electron chi connectivity index (χ3n) is 5.91. The number of halogens is 1. The van der Waals surface area contributed by atoms with Crippen molar-refractivity contribution in [1.29, 1.82) is 0 Å². The van der Waals surface area contributed by atoms with Gasteiger partial charge in [-0.25, -0.2) is 0 Å². The fourth-order valence-electron chi connectivity index (χ4n) is 4.54. The lowest BCUT2D eigenvalue weighted by molar-refractivity contribution is -0.0137. The van der Waals surface area contributed by atoms with Crippen molar-refractivity contribution in [3.8, 4) is 0 Å². The summed E-state index contributed by atoms with van der Waals surface area (Å²) in [6.07, 6.45) is 2.86. The van der Waals surface area contributed by atoms with Crippen LogP contribution < -0.4 is 5.32 Å². The van der Waals surface area contributed by atoms with E-state index in [9.17, 15) is 9.90 Å². The van der Waals surface area contributed by atoms with Gasteiger partial charge in [-0.3, -0.25) is 9.78 Å². The quantitative estimate of drug-likeness (QED) is 0.849. The Morgan fingerprint density at radius 3 is 3.12 bits per heavy atom. The minimum absolute atomic E-state index is 0.000356. The number of hydrogen-bond acceptors (Lipinski definition) is 4. The van der Waals surface area contributed by atoms with Crippen molar-refractivity contribution in [3.05, 3.63) is 40.5 Å². The van der Waals surface area contributed by atoms with Crippen molar-refractivity contribution in [3.63, 3.8) is 0 Å². The first-order valence-corrected chi connectivity index (χ1v) is 9.61. The Balaban J connectivity index is 1.70. The number of pyridine rings is 1. The molecule has 1 aromatic heterocycles. The molecule has 2 fully saturated rings. The van der Waals surface area contributed by atoms with Crippen LogP contribution in [0.1, 0.15) is 35.3 Å². The summed E-state index contributed by atoms with van der Waals surface area (Å²) in [4.78, 5) is 19.8. The summed E-state index contributed by atoms with van der Waals surface area (Å²) in [6.45, 7) is 4.28. The van der Waals surface area contributed by atoms with Crippen molar-refractivity contribution in [2.24, 2.45) is 5.41 Å². The third kappa shape index (κ3) is 2.98. The van der Waals surface area contributed by atoms with Crippen LogP contribution in [0.4, 0.5) is 0 Å². The molecule has 0 bridgehead atoms.